The van der Waals surface area contributed by atoms with Crippen LogP contribution >= 0.6 is 0 Å². The minimum atomic E-state index is -4.42. The van der Waals surface area contributed by atoms with Gasteiger partial charge in [-0.25, -0.2) is 9.37 Å². The number of methoxy groups -OCH3 is 1. The van der Waals surface area contributed by atoms with Gasteiger partial charge in [-0.2, -0.15) is 13.2 Å². The SMILES string of the molecule is COc1cccc(F)c1CN1C[C@H](CC(=O)c2ccc3c(c2)C(c2ccc4nccn4c2)=NC3)C[C@H](C(F)(F)F)C1. The third-order valence-corrected chi connectivity index (χ3v) is 7.98. The van der Waals surface area contributed by atoms with Crippen molar-refractivity contribution in [3.8, 4) is 5.75 Å². The zero-order chi connectivity index (χ0) is 28.7. The number of piperidine rings is 1. The number of carbonyl (C=O) groups excluding carboxylic acids is 1. The lowest BCUT2D eigenvalue weighted by atomic mass is 9.84. The second kappa shape index (κ2) is 10.7. The number of pyridine rings is 1. The molecule has 0 aliphatic carbocycles. The van der Waals surface area contributed by atoms with Crippen LogP contribution in [0.3, 0.4) is 0 Å². The fourth-order valence-electron chi connectivity index (χ4n) is 5.97. The van der Waals surface area contributed by atoms with Crippen molar-refractivity contribution >= 4 is 17.1 Å². The minimum absolute atomic E-state index is 0.0347. The number of benzene rings is 2. The van der Waals surface area contributed by atoms with E-state index in [2.05, 4.69) is 9.98 Å². The van der Waals surface area contributed by atoms with Crippen molar-refractivity contribution in [1.82, 2.24) is 14.3 Å². The Hall–Kier alpha value is -4.05. The Kier molecular flexibility index (Phi) is 7.11. The highest BCUT2D eigenvalue weighted by Gasteiger charge is 2.45. The number of imidazole rings is 1. The van der Waals surface area contributed by atoms with Crippen LogP contribution in [0.2, 0.25) is 0 Å². The molecule has 1 fully saturated rings. The van der Waals surface area contributed by atoms with E-state index in [1.165, 1.54) is 19.2 Å². The number of Topliss-reactive ketones (excluding diaryl/α,β-unsaturated/α-hetero) is 1. The molecule has 2 atom stereocenters. The van der Waals surface area contributed by atoms with Gasteiger partial charge in [0.15, 0.2) is 5.78 Å². The summed E-state index contributed by atoms with van der Waals surface area (Å²) in [5, 5.41) is 0. The molecule has 10 heteroatoms. The maximum Gasteiger partial charge on any atom is 0.393 e. The molecule has 0 radical (unpaired) electrons. The Morgan fingerprint density at radius 1 is 1.12 bits per heavy atom. The van der Waals surface area contributed by atoms with Crippen LogP contribution in [-0.2, 0) is 13.1 Å². The van der Waals surface area contributed by atoms with Gasteiger partial charge in [-0.05, 0) is 48.2 Å². The number of ketones is 1. The molecule has 212 valence electrons. The fourth-order valence-corrected chi connectivity index (χ4v) is 5.97. The smallest absolute Gasteiger partial charge is 0.393 e. The van der Waals surface area contributed by atoms with Gasteiger partial charge < -0.3 is 9.14 Å². The second-order valence-corrected chi connectivity index (χ2v) is 10.7. The molecule has 2 aromatic heterocycles. The summed E-state index contributed by atoms with van der Waals surface area (Å²) < 4.78 is 63.5. The topological polar surface area (TPSA) is 59.2 Å². The molecular weight excluding hydrogens is 536 g/mol. The highest BCUT2D eigenvalue weighted by molar-refractivity contribution is 6.16. The van der Waals surface area contributed by atoms with Gasteiger partial charge in [0.25, 0.3) is 0 Å². The first-order valence-corrected chi connectivity index (χ1v) is 13.4. The van der Waals surface area contributed by atoms with E-state index >= 15 is 0 Å². The van der Waals surface area contributed by atoms with E-state index < -0.39 is 23.8 Å². The van der Waals surface area contributed by atoms with Crippen LogP contribution in [-0.4, -0.2) is 52.2 Å². The van der Waals surface area contributed by atoms with E-state index in [1.54, 1.807) is 29.3 Å². The van der Waals surface area contributed by atoms with Gasteiger partial charge in [0.1, 0.15) is 17.2 Å². The lowest BCUT2D eigenvalue weighted by Crippen LogP contribution is -2.45. The Labute approximate surface area is 234 Å². The van der Waals surface area contributed by atoms with Gasteiger partial charge in [0.05, 0.1) is 25.3 Å². The lowest BCUT2D eigenvalue weighted by Gasteiger charge is -2.38. The zero-order valence-electron chi connectivity index (χ0n) is 22.4. The molecule has 0 bridgehead atoms. The fraction of sp³-hybridized carbons (Fsp3) is 0.323. The van der Waals surface area contributed by atoms with Gasteiger partial charge in [-0.15, -0.1) is 0 Å². The molecule has 6 nitrogen and oxygen atoms in total. The normalized spacial score (nSPS) is 19.3. The van der Waals surface area contributed by atoms with Crippen LogP contribution in [0.1, 0.15) is 45.5 Å². The molecule has 0 amide bonds. The van der Waals surface area contributed by atoms with Crippen molar-refractivity contribution in [2.24, 2.45) is 16.8 Å². The largest absolute Gasteiger partial charge is 0.496 e. The number of alkyl halides is 3. The number of aliphatic imine (C=N–C) groups is 1. The van der Waals surface area contributed by atoms with Crippen molar-refractivity contribution in [3.63, 3.8) is 0 Å². The molecule has 0 unspecified atom stereocenters. The Balaban J connectivity index is 1.21. The lowest BCUT2D eigenvalue weighted by molar-refractivity contribution is -0.192. The third kappa shape index (κ3) is 5.48. The van der Waals surface area contributed by atoms with E-state index in [0.717, 1.165) is 28.0 Å². The van der Waals surface area contributed by atoms with E-state index in [1.807, 2.05) is 35.0 Å². The number of hydrogen-bond donors (Lipinski definition) is 0. The molecule has 2 aliphatic rings. The van der Waals surface area contributed by atoms with Gasteiger partial charge in [-0.1, -0.05) is 18.2 Å². The van der Waals surface area contributed by atoms with Crippen molar-refractivity contribution < 1.29 is 27.1 Å². The van der Waals surface area contributed by atoms with Crippen LogP contribution < -0.4 is 4.74 Å². The maximum atomic E-state index is 14.6. The van der Waals surface area contributed by atoms with Crippen molar-refractivity contribution in [2.45, 2.75) is 32.1 Å². The van der Waals surface area contributed by atoms with Gasteiger partial charge >= 0.3 is 6.18 Å². The number of likely N-dealkylation sites (tertiary alicyclic amines) is 1. The minimum Gasteiger partial charge on any atom is -0.496 e. The Morgan fingerprint density at radius 2 is 1.98 bits per heavy atom. The van der Waals surface area contributed by atoms with E-state index in [9.17, 15) is 22.4 Å². The number of rotatable bonds is 7. The first-order valence-electron chi connectivity index (χ1n) is 13.4. The summed E-state index contributed by atoms with van der Waals surface area (Å²) in [7, 11) is 1.40. The average Bonchev–Trinajstić information content (AvgIpc) is 3.59. The summed E-state index contributed by atoms with van der Waals surface area (Å²) in [6, 6.07) is 13.6. The van der Waals surface area contributed by atoms with E-state index in [0.29, 0.717) is 12.1 Å². The van der Waals surface area contributed by atoms with Crippen molar-refractivity contribution in [3.05, 3.63) is 101 Å². The molecule has 2 aromatic carbocycles. The monoisotopic (exact) mass is 564 g/mol. The van der Waals surface area contributed by atoms with Gasteiger partial charge in [0, 0.05) is 66.9 Å². The van der Waals surface area contributed by atoms with Crippen LogP contribution in [0.4, 0.5) is 17.6 Å². The van der Waals surface area contributed by atoms with Gasteiger partial charge in [-0.3, -0.25) is 14.7 Å². The van der Waals surface area contributed by atoms with Crippen LogP contribution in [0.15, 0.2) is 72.1 Å². The summed E-state index contributed by atoms with van der Waals surface area (Å²) in [6.45, 7) is 0.447. The number of fused-ring (bicyclic) bond motifs is 2. The molecule has 0 spiro atoms. The number of carbonyl (C=O) groups is 1. The quantitative estimate of drug-likeness (QED) is 0.201. The summed E-state index contributed by atoms with van der Waals surface area (Å²) in [4.78, 5) is 24.0. The molecule has 1 saturated heterocycles. The van der Waals surface area contributed by atoms with Crippen molar-refractivity contribution in [1.29, 1.82) is 0 Å². The summed E-state index contributed by atoms with van der Waals surface area (Å²) in [5.41, 5.74) is 4.95. The van der Waals surface area contributed by atoms with E-state index in [4.69, 9.17) is 4.74 Å². The first-order chi connectivity index (χ1) is 19.7. The van der Waals surface area contributed by atoms with E-state index in [-0.39, 0.29) is 49.6 Å². The average molecular weight is 565 g/mol. The molecule has 2 aliphatic heterocycles. The number of hydrogen-bond acceptors (Lipinski definition) is 5. The molecule has 4 aromatic rings. The summed E-state index contributed by atoms with van der Waals surface area (Å²) >= 11 is 0. The Morgan fingerprint density at radius 3 is 2.78 bits per heavy atom. The molecule has 0 saturated carbocycles. The Bertz CT molecular complexity index is 1640. The van der Waals surface area contributed by atoms with Crippen LogP contribution in [0.25, 0.3) is 5.65 Å². The number of nitrogens with zero attached hydrogens (tertiary/aromatic N) is 4. The predicted molar refractivity (Wildman–Crippen MR) is 146 cm³/mol. The van der Waals surface area contributed by atoms with Gasteiger partial charge in [0.2, 0.25) is 0 Å². The highest BCUT2D eigenvalue weighted by Crippen LogP contribution is 2.38. The molecule has 6 rings (SSSR count). The number of aromatic nitrogens is 2. The summed E-state index contributed by atoms with van der Waals surface area (Å²) in [5.74, 6) is -2.61. The number of ether oxygens (including phenoxy) is 1. The molecule has 41 heavy (non-hydrogen) atoms. The van der Waals surface area contributed by atoms with Crippen LogP contribution in [0.5, 0.6) is 5.75 Å². The molecule has 0 N–H and O–H groups in total. The number of halogens is 4. The zero-order valence-corrected chi connectivity index (χ0v) is 22.4. The first kappa shape index (κ1) is 27.1. The highest BCUT2D eigenvalue weighted by atomic mass is 19.4. The molecule has 4 heterocycles. The standard InChI is InChI=1S/C31H28F4N4O2/c1-41-28-4-2-3-26(32)25(28)18-38-15-19(11-23(17-38)31(33,34)35)12-27(40)20-5-6-21-14-37-30(24(21)13-20)22-7-8-29-36-9-10-39(29)16-22/h2-10,13,16,19,23H,11-12,14-15,17-18H2,1H3/t19-,23-/m0/s1. The maximum absolute atomic E-state index is 14.6. The second-order valence-electron chi connectivity index (χ2n) is 10.7. The predicted octanol–water partition coefficient (Wildman–Crippen LogP) is 6.11. The van der Waals surface area contributed by atoms with Crippen LogP contribution in [0, 0.1) is 17.7 Å². The van der Waals surface area contributed by atoms with Crippen molar-refractivity contribution in [2.75, 3.05) is 20.2 Å². The third-order valence-electron chi connectivity index (χ3n) is 7.98. The molecular formula is C31H28F4N4O2. The summed E-state index contributed by atoms with van der Waals surface area (Å²) in [6.07, 6.45) is 0.881.